The number of ether oxygens (including phenoxy) is 1. The summed E-state index contributed by atoms with van der Waals surface area (Å²) in [7, 11) is 1.96. The number of thiophene rings is 1. The second-order valence-corrected chi connectivity index (χ2v) is 7.85. The van der Waals surface area contributed by atoms with Gasteiger partial charge >= 0.3 is 0 Å². The zero-order valence-corrected chi connectivity index (χ0v) is 21.0. The topological polar surface area (TPSA) is 21.3 Å². The lowest BCUT2D eigenvalue weighted by Gasteiger charge is -2.08. The number of benzene rings is 4. The molecule has 4 aromatic carbocycles. The van der Waals surface area contributed by atoms with Crippen LogP contribution in [0, 0.1) is 5.82 Å². The Morgan fingerprint density at radius 2 is 1.26 bits per heavy atom. The summed E-state index contributed by atoms with van der Waals surface area (Å²) >= 11 is 1.71. The van der Waals surface area contributed by atoms with Crippen molar-refractivity contribution in [2.45, 2.75) is 20.3 Å². The van der Waals surface area contributed by atoms with Crippen molar-refractivity contribution in [2.24, 2.45) is 0 Å². The van der Waals surface area contributed by atoms with Crippen LogP contribution in [0.2, 0.25) is 0 Å². The minimum absolute atomic E-state index is 0.150. The molecule has 0 bridgehead atoms. The average molecular weight is 476 g/mol. The van der Waals surface area contributed by atoms with Crippen LogP contribution in [0.3, 0.4) is 0 Å². The summed E-state index contributed by atoms with van der Waals surface area (Å²) in [6, 6.07) is 31.0. The minimum atomic E-state index is -0.150. The second-order valence-electron chi connectivity index (χ2n) is 7.04. The van der Waals surface area contributed by atoms with Gasteiger partial charge in [-0.25, -0.2) is 4.39 Å². The summed E-state index contributed by atoms with van der Waals surface area (Å²) in [4.78, 5) is 0. The lowest BCUT2D eigenvalue weighted by Crippen LogP contribution is -2.11. The number of hydrogen-bond acceptors (Lipinski definition) is 3. The van der Waals surface area contributed by atoms with Gasteiger partial charge in [0.15, 0.2) is 0 Å². The number of halogens is 1. The van der Waals surface area contributed by atoms with Crippen LogP contribution in [-0.2, 0) is 0 Å². The largest absolute Gasteiger partial charge is 0.493 e. The van der Waals surface area contributed by atoms with Gasteiger partial charge < -0.3 is 10.1 Å². The summed E-state index contributed by atoms with van der Waals surface area (Å²) in [5.74, 6) is 0.831. The Balaban J connectivity index is 0.000000195. The molecule has 0 fully saturated rings. The van der Waals surface area contributed by atoms with Crippen molar-refractivity contribution in [3.8, 4) is 5.75 Å². The Labute approximate surface area is 207 Å². The van der Waals surface area contributed by atoms with Gasteiger partial charge in [-0.05, 0) is 53.7 Å². The lowest BCUT2D eigenvalue weighted by molar-refractivity contribution is 0.313. The fraction of sp³-hybridized carbons (Fsp3) is 0.200. The van der Waals surface area contributed by atoms with Crippen LogP contribution in [0.25, 0.3) is 21.5 Å². The molecule has 0 aliphatic heterocycles. The van der Waals surface area contributed by atoms with Crippen molar-refractivity contribution in [3.05, 3.63) is 114 Å². The first kappa shape index (κ1) is 27.0. The molecule has 34 heavy (non-hydrogen) atoms. The SMILES string of the molecule is CC.CNCCCOc1cccc2ccccc12.Fc1cccc2ccccc12.c1ccsc1. The van der Waals surface area contributed by atoms with Gasteiger partial charge in [-0.2, -0.15) is 11.3 Å². The van der Waals surface area contributed by atoms with E-state index in [1.54, 1.807) is 23.5 Å². The van der Waals surface area contributed by atoms with Crippen LogP contribution in [0.15, 0.2) is 108 Å². The maximum atomic E-state index is 13.0. The van der Waals surface area contributed by atoms with Gasteiger partial charge in [0.1, 0.15) is 11.6 Å². The molecule has 0 atom stereocenters. The smallest absolute Gasteiger partial charge is 0.131 e. The normalized spacial score (nSPS) is 9.65. The molecular weight excluding hydrogens is 441 g/mol. The quantitative estimate of drug-likeness (QED) is 0.257. The second kappa shape index (κ2) is 16.4. The summed E-state index contributed by atoms with van der Waals surface area (Å²) in [5.41, 5.74) is 0. The van der Waals surface area contributed by atoms with Gasteiger partial charge in [-0.15, -0.1) is 0 Å². The molecule has 0 radical (unpaired) electrons. The molecule has 1 N–H and O–H groups in total. The number of rotatable bonds is 5. The van der Waals surface area contributed by atoms with Crippen molar-refractivity contribution in [2.75, 3.05) is 20.2 Å². The molecule has 2 nitrogen and oxygen atoms in total. The molecule has 0 amide bonds. The van der Waals surface area contributed by atoms with Crippen LogP contribution in [0.1, 0.15) is 20.3 Å². The van der Waals surface area contributed by atoms with Gasteiger partial charge in [0, 0.05) is 10.8 Å². The Bertz CT molecular complexity index is 1160. The zero-order chi connectivity index (χ0) is 24.4. The molecular formula is C30H34FNOS. The maximum Gasteiger partial charge on any atom is 0.131 e. The van der Waals surface area contributed by atoms with Gasteiger partial charge in [0.2, 0.25) is 0 Å². The molecule has 0 aliphatic rings. The first-order valence-corrected chi connectivity index (χ1v) is 12.6. The Morgan fingerprint density at radius 3 is 1.85 bits per heavy atom. The van der Waals surface area contributed by atoms with E-state index in [1.165, 1.54) is 16.8 Å². The van der Waals surface area contributed by atoms with Gasteiger partial charge in [0.05, 0.1) is 6.61 Å². The monoisotopic (exact) mass is 475 g/mol. The highest BCUT2D eigenvalue weighted by Crippen LogP contribution is 2.25. The molecule has 1 heterocycles. The van der Waals surface area contributed by atoms with E-state index < -0.39 is 0 Å². The molecule has 1 aromatic heterocycles. The fourth-order valence-corrected chi connectivity index (χ4v) is 3.62. The summed E-state index contributed by atoms with van der Waals surface area (Å²) in [6.07, 6.45) is 1.03. The van der Waals surface area contributed by atoms with Gasteiger partial charge in [-0.3, -0.25) is 0 Å². The maximum absolute atomic E-state index is 13.0. The first-order chi connectivity index (χ1) is 16.8. The lowest BCUT2D eigenvalue weighted by atomic mass is 10.1. The van der Waals surface area contributed by atoms with Crippen molar-refractivity contribution < 1.29 is 9.13 Å². The number of hydrogen-bond donors (Lipinski definition) is 1. The van der Waals surface area contributed by atoms with Crippen molar-refractivity contribution >= 4 is 32.9 Å². The van der Waals surface area contributed by atoms with Crippen LogP contribution in [0.4, 0.5) is 4.39 Å². The van der Waals surface area contributed by atoms with E-state index >= 15 is 0 Å². The van der Waals surface area contributed by atoms with E-state index in [4.69, 9.17) is 4.74 Å². The molecule has 0 saturated heterocycles. The van der Waals surface area contributed by atoms with Crippen LogP contribution in [-0.4, -0.2) is 20.2 Å². The van der Waals surface area contributed by atoms with E-state index in [-0.39, 0.29) is 5.82 Å². The standard InChI is InChI=1S/C14H17NO.C10H7F.C4H4S.C2H6/c1-15-10-5-11-16-14-9-4-7-12-6-2-3-8-13(12)14;11-10-7-3-5-8-4-1-2-6-9(8)10;1-2-4-5-3-1;1-2/h2-4,6-9,15H,5,10-11H2,1H3;1-7H;1-4H;1-2H3. The molecule has 5 rings (SSSR count). The van der Waals surface area contributed by atoms with Crippen molar-refractivity contribution in [3.63, 3.8) is 0 Å². The van der Waals surface area contributed by atoms with E-state index in [0.717, 1.165) is 30.7 Å². The van der Waals surface area contributed by atoms with Crippen molar-refractivity contribution in [1.29, 1.82) is 0 Å². The summed E-state index contributed by atoms with van der Waals surface area (Å²) in [5, 5.41) is 11.3. The van der Waals surface area contributed by atoms with E-state index in [1.807, 2.05) is 92.3 Å². The molecule has 178 valence electrons. The third-order valence-electron chi connectivity index (χ3n) is 4.74. The summed E-state index contributed by atoms with van der Waals surface area (Å²) < 4.78 is 18.8. The van der Waals surface area contributed by atoms with E-state index in [9.17, 15) is 4.39 Å². The average Bonchev–Trinajstić information content (AvgIpc) is 3.49. The zero-order valence-electron chi connectivity index (χ0n) is 20.2. The molecule has 5 aromatic rings. The van der Waals surface area contributed by atoms with Gasteiger partial charge in [0.25, 0.3) is 0 Å². The predicted molar refractivity (Wildman–Crippen MR) is 148 cm³/mol. The highest BCUT2D eigenvalue weighted by atomic mass is 32.1. The molecule has 0 aliphatic carbocycles. The molecule has 0 spiro atoms. The van der Waals surface area contributed by atoms with Gasteiger partial charge in [-0.1, -0.05) is 98.8 Å². The van der Waals surface area contributed by atoms with Crippen LogP contribution < -0.4 is 10.1 Å². The Kier molecular flexibility index (Phi) is 13.0. The predicted octanol–water partition coefficient (Wildman–Crippen LogP) is 8.58. The first-order valence-electron chi connectivity index (χ1n) is 11.6. The van der Waals surface area contributed by atoms with E-state index in [2.05, 4.69) is 23.5 Å². The minimum Gasteiger partial charge on any atom is -0.493 e. The molecule has 0 saturated carbocycles. The van der Waals surface area contributed by atoms with Crippen LogP contribution >= 0.6 is 11.3 Å². The Morgan fingerprint density at radius 1 is 0.706 bits per heavy atom. The third kappa shape index (κ3) is 8.97. The number of fused-ring (bicyclic) bond motifs is 2. The highest BCUT2D eigenvalue weighted by molar-refractivity contribution is 7.07. The van der Waals surface area contributed by atoms with Crippen LogP contribution in [0.5, 0.6) is 5.75 Å². The molecule has 0 unspecified atom stereocenters. The third-order valence-corrected chi connectivity index (χ3v) is 5.37. The fourth-order valence-electron chi connectivity index (χ4n) is 3.17. The Hall–Kier alpha value is -3.21. The van der Waals surface area contributed by atoms with E-state index in [0.29, 0.717) is 5.39 Å². The molecule has 4 heteroatoms. The summed E-state index contributed by atoms with van der Waals surface area (Å²) in [6.45, 7) is 5.75. The highest BCUT2D eigenvalue weighted by Gasteiger charge is 2.00. The van der Waals surface area contributed by atoms with Crippen molar-refractivity contribution in [1.82, 2.24) is 5.32 Å². The number of nitrogens with one attached hydrogen (secondary N) is 1.